The summed E-state index contributed by atoms with van der Waals surface area (Å²) in [5, 5.41) is 3.14. The number of aryl methyl sites for hydroxylation is 1. The fourth-order valence-corrected chi connectivity index (χ4v) is 5.75. The number of hydrogen-bond acceptors (Lipinski definition) is 3. The van der Waals surface area contributed by atoms with Gasteiger partial charge in [0, 0.05) is 31.0 Å². The van der Waals surface area contributed by atoms with Crippen LogP contribution in [0.3, 0.4) is 0 Å². The molecule has 1 aliphatic heterocycles. The number of carbonyl (C=O) groups excluding carboxylic acids is 2. The van der Waals surface area contributed by atoms with Crippen LogP contribution in [0.2, 0.25) is 0 Å². The molecule has 1 fully saturated rings. The number of carbonyl (C=O) groups is 2. The Bertz CT molecular complexity index is 1340. The molecular formula is C34H42FN3O2. The van der Waals surface area contributed by atoms with Gasteiger partial charge in [-0.2, -0.15) is 0 Å². The summed E-state index contributed by atoms with van der Waals surface area (Å²) < 4.78 is 15.0. The van der Waals surface area contributed by atoms with E-state index in [2.05, 4.69) is 63.0 Å². The first-order chi connectivity index (χ1) is 19.0. The Labute approximate surface area is 238 Å². The minimum absolute atomic E-state index is 0.0557. The van der Waals surface area contributed by atoms with Gasteiger partial charge in [0.05, 0.1) is 17.5 Å². The van der Waals surface area contributed by atoms with Crippen molar-refractivity contribution in [2.75, 3.05) is 29.9 Å². The van der Waals surface area contributed by atoms with Crippen LogP contribution in [-0.4, -0.2) is 36.3 Å². The van der Waals surface area contributed by atoms with Gasteiger partial charge in [-0.05, 0) is 86.1 Å². The number of halogens is 1. The number of rotatable bonds is 7. The molecule has 2 atom stereocenters. The van der Waals surface area contributed by atoms with Crippen molar-refractivity contribution in [3.8, 4) is 0 Å². The Morgan fingerprint density at radius 3 is 2.38 bits per heavy atom. The summed E-state index contributed by atoms with van der Waals surface area (Å²) in [7, 11) is 0. The monoisotopic (exact) mass is 543 g/mol. The van der Waals surface area contributed by atoms with Crippen LogP contribution in [0.15, 0.2) is 66.7 Å². The number of amides is 2. The lowest BCUT2D eigenvalue weighted by Gasteiger charge is -2.41. The zero-order valence-corrected chi connectivity index (χ0v) is 24.6. The molecule has 5 nitrogen and oxygen atoms in total. The van der Waals surface area contributed by atoms with Gasteiger partial charge in [0.2, 0.25) is 5.91 Å². The lowest BCUT2D eigenvalue weighted by Crippen LogP contribution is -2.46. The average molecular weight is 544 g/mol. The Balaban J connectivity index is 1.76. The molecule has 1 saturated heterocycles. The summed E-state index contributed by atoms with van der Waals surface area (Å²) in [4.78, 5) is 31.9. The second kappa shape index (κ2) is 12.2. The molecule has 2 amide bonds. The van der Waals surface area contributed by atoms with E-state index in [9.17, 15) is 14.0 Å². The molecule has 1 aliphatic rings. The first-order valence-electron chi connectivity index (χ1n) is 14.4. The third-order valence-corrected chi connectivity index (χ3v) is 8.00. The Kier molecular flexibility index (Phi) is 8.97. The highest BCUT2D eigenvalue weighted by Crippen LogP contribution is 2.39. The van der Waals surface area contributed by atoms with Gasteiger partial charge in [-0.1, -0.05) is 57.2 Å². The van der Waals surface area contributed by atoms with Gasteiger partial charge < -0.3 is 15.1 Å². The molecule has 4 rings (SSSR count). The molecule has 0 bridgehead atoms. The number of benzene rings is 3. The molecule has 0 saturated carbocycles. The molecule has 2 unspecified atom stereocenters. The van der Waals surface area contributed by atoms with Crippen molar-refractivity contribution in [2.45, 2.75) is 65.8 Å². The number of nitrogens with one attached hydrogen (secondary N) is 1. The number of nitrogens with zero attached hydrogens (tertiary/aromatic N) is 2. The Hall–Kier alpha value is -3.67. The maximum atomic E-state index is 15.0. The highest BCUT2D eigenvalue weighted by Gasteiger charge is 2.40. The van der Waals surface area contributed by atoms with E-state index < -0.39 is 17.8 Å². The maximum Gasteiger partial charge on any atom is 0.257 e. The van der Waals surface area contributed by atoms with Crippen LogP contribution < -0.4 is 10.2 Å². The second-order valence-corrected chi connectivity index (χ2v) is 11.7. The first-order valence-corrected chi connectivity index (χ1v) is 14.4. The minimum Gasteiger partial charge on any atom is -0.372 e. The van der Waals surface area contributed by atoms with Crippen molar-refractivity contribution in [3.63, 3.8) is 0 Å². The molecule has 0 spiro atoms. The summed E-state index contributed by atoms with van der Waals surface area (Å²) >= 11 is 0. The molecule has 1 heterocycles. The summed E-state index contributed by atoms with van der Waals surface area (Å²) in [6.07, 6.45) is 1.29. The number of piperidine rings is 1. The number of likely N-dealkylation sites (tertiary alicyclic amines) is 1. The Morgan fingerprint density at radius 2 is 1.70 bits per heavy atom. The van der Waals surface area contributed by atoms with Crippen LogP contribution in [0, 0.1) is 18.7 Å². The smallest absolute Gasteiger partial charge is 0.257 e. The zero-order valence-electron chi connectivity index (χ0n) is 24.6. The van der Waals surface area contributed by atoms with E-state index in [4.69, 9.17) is 0 Å². The lowest BCUT2D eigenvalue weighted by atomic mass is 9.83. The lowest BCUT2D eigenvalue weighted by molar-refractivity contribution is -0.123. The fraction of sp³-hybridized carbons (Fsp3) is 0.412. The molecule has 40 heavy (non-hydrogen) atoms. The fourth-order valence-electron chi connectivity index (χ4n) is 5.75. The number of anilines is 2. The molecule has 0 radical (unpaired) electrons. The van der Waals surface area contributed by atoms with Crippen molar-refractivity contribution in [1.29, 1.82) is 0 Å². The van der Waals surface area contributed by atoms with E-state index in [0.29, 0.717) is 24.9 Å². The molecule has 212 valence electrons. The van der Waals surface area contributed by atoms with Gasteiger partial charge in [0.25, 0.3) is 5.91 Å². The SMILES string of the molecule is CCN(CC)c1cccc(C2C(C(=O)Nc3cccc(C(C)(C)C)c3)CCCN2C(=O)c2c(C)cccc2F)c1. The van der Waals surface area contributed by atoms with E-state index in [1.54, 1.807) is 24.0 Å². The summed E-state index contributed by atoms with van der Waals surface area (Å²) in [6, 6.07) is 20.2. The third-order valence-electron chi connectivity index (χ3n) is 8.00. The van der Waals surface area contributed by atoms with E-state index in [1.807, 2.05) is 30.3 Å². The minimum atomic E-state index is -0.536. The quantitative estimate of drug-likeness (QED) is 0.336. The molecule has 6 heteroatoms. The highest BCUT2D eigenvalue weighted by atomic mass is 19.1. The largest absolute Gasteiger partial charge is 0.372 e. The molecule has 0 aliphatic carbocycles. The van der Waals surface area contributed by atoms with Crippen LogP contribution in [0.25, 0.3) is 0 Å². The van der Waals surface area contributed by atoms with E-state index in [-0.39, 0.29) is 22.8 Å². The van der Waals surface area contributed by atoms with E-state index in [1.165, 1.54) is 6.07 Å². The maximum absolute atomic E-state index is 15.0. The summed E-state index contributed by atoms with van der Waals surface area (Å²) in [6.45, 7) is 14.5. The van der Waals surface area contributed by atoms with Crippen molar-refractivity contribution < 1.29 is 14.0 Å². The molecular weight excluding hydrogens is 501 g/mol. The van der Waals surface area contributed by atoms with Crippen molar-refractivity contribution in [2.24, 2.45) is 5.92 Å². The summed E-state index contributed by atoms with van der Waals surface area (Å²) in [5.74, 6) is -1.53. The predicted molar refractivity (Wildman–Crippen MR) is 161 cm³/mol. The van der Waals surface area contributed by atoms with Gasteiger partial charge in [0.15, 0.2) is 0 Å². The molecule has 3 aromatic carbocycles. The van der Waals surface area contributed by atoms with Gasteiger partial charge in [0.1, 0.15) is 5.82 Å². The standard InChI is InChI=1S/C34H42FN3O2/c1-7-37(8-2)27-17-10-14-24(21-27)31-28(32(39)36-26-16-11-15-25(22-26)34(4,5)6)18-12-20-38(31)33(40)30-23(3)13-9-19-29(30)35/h9-11,13-17,19,21-22,28,31H,7-8,12,18,20H2,1-6H3,(H,36,39). The van der Waals surface area contributed by atoms with Gasteiger partial charge >= 0.3 is 0 Å². The van der Waals surface area contributed by atoms with Crippen molar-refractivity contribution in [3.05, 3.63) is 94.8 Å². The van der Waals surface area contributed by atoms with Crippen LogP contribution in [-0.2, 0) is 10.2 Å². The van der Waals surface area contributed by atoms with Crippen molar-refractivity contribution >= 4 is 23.2 Å². The molecule has 1 N–H and O–H groups in total. The van der Waals surface area contributed by atoms with Gasteiger partial charge in [-0.3, -0.25) is 9.59 Å². The summed E-state index contributed by atoms with van der Waals surface area (Å²) in [5.41, 5.74) is 4.40. The van der Waals surface area contributed by atoms with Crippen LogP contribution in [0.4, 0.5) is 15.8 Å². The van der Waals surface area contributed by atoms with Gasteiger partial charge in [-0.15, -0.1) is 0 Å². The number of hydrogen-bond donors (Lipinski definition) is 1. The van der Waals surface area contributed by atoms with Crippen LogP contribution >= 0.6 is 0 Å². The normalized spacial score (nSPS) is 17.4. The molecule has 3 aromatic rings. The van der Waals surface area contributed by atoms with E-state index >= 15 is 0 Å². The highest BCUT2D eigenvalue weighted by molar-refractivity contribution is 5.98. The van der Waals surface area contributed by atoms with Crippen LogP contribution in [0.1, 0.15) is 80.6 Å². The second-order valence-electron chi connectivity index (χ2n) is 11.7. The zero-order chi connectivity index (χ0) is 29.0. The molecule has 0 aromatic heterocycles. The average Bonchev–Trinajstić information content (AvgIpc) is 2.93. The third kappa shape index (κ3) is 6.22. The van der Waals surface area contributed by atoms with Gasteiger partial charge in [-0.25, -0.2) is 4.39 Å². The van der Waals surface area contributed by atoms with Crippen molar-refractivity contribution in [1.82, 2.24) is 4.90 Å². The topological polar surface area (TPSA) is 52.7 Å². The predicted octanol–water partition coefficient (Wildman–Crippen LogP) is 7.51. The Morgan fingerprint density at radius 1 is 1.00 bits per heavy atom. The van der Waals surface area contributed by atoms with Crippen LogP contribution in [0.5, 0.6) is 0 Å². The first kappa shape index (κ1) is 29.3. The van der Waals surface area contributed by atoms with E-state index in [0.717, 1.165) is 35.6 Å².